The maximum Gasteiger partial charge on any atom is 0.321 e. The van der Waals surface area contributed by atoms with Crippen LogP contribution >= 0.6 is 0 Å². The molecule has 1 aliphatic rings. The summed E-state index contributed by atoms with van der Waals surface area (Å²) in [5.74, 6) is -0.275. The van der Waals surface area contributed by atoms with Crippen molar-refractivity contribution in [2.45, 2.75) is 13.0 Å². The Morgan fingerprint density at radius 3 is 2.24 bits per heavy atom. The lowest BCUT2D eigenvalue weighted by Crippen LogP contribution is -2.49. The van der Waals surface area contributed by atoms with Crippen molar-refractivity contribution < 1.29 is 14.4 Å². The number of nitrogens with zero attached hydrogens (tertiary/aromatic N) is 2. The number of imide groups is 1. The van der Waals surface area contributed by atoms with Gasteiger partial charge in [0.05, 0.1) is 0 Å². The Hall–Kier alpha value is -3.71. The number of nitrogens with one attached hydrogen (secondary N) is 2. The molecule has 33 heavy (non-hydrogen) atoms. The zero-order valence-electron chi connectivity index (χ0n) is 18.5. The third-order valence-corrected chi connectivity index (χ3v) is 5.86. The number of carbonyl (C=O) groups is 3. The van der Waals surface area contributed by atoms with Gasteiger partial charge in [0, 0.05) is 51.3 Å². The maximum absolute atomic E-state index is 12.9. The Bertz CT molecular complexity index is 1120. The Balaban J connectivity index is 1.18. The fraction of sp³-hybridized carbons (Fsp3) is 0.269. The second-order valence-electron chi connectivity index (χ2n) is 8.16. The second kappa shape index (κ2) is 10.7. The third-order valence-electron chi connectivity index (χ3n) is 5.86. The highest BCUT2D eigenvalue weighted by molar-refractivity contribution is 5.98. The van der Waals surface area contributed by atoms with E-state index in [9.17, 15) is 14.4 Å². The SMILES string of the molecule is O=C(CCN1CCN(C(=O)c2ccc3ccccc3c2)CC1)NC(=O)NCc1ccccc1. The molecule has 1 aliphatic heterocycles. The highest BCUT2D eigenvalue weighted by Crippen LogP contribution is 2.17. The van der Waals surface area contributed by atoms with Crippen LogP contribution in [0.15, 0.2) is 72.8 Å². The number of hydrogen-bond donors (Lipinski definition) is 2. The van der Waals surface area contributed by atoms with Crippen LogP contribution < -0.4 is 10.6 Å². The molecule has 0 unspecified atom stereocenters. The minimum atomic E-state index is -0.491. The molecule has 0 bridgehead atoms. The summed E-state index contributed by atoms with van der Waals surface area (Å²) >= 11 is 0. The lowest BCUT2D eigenvalue weighted by Gasteiger charge is -2.34. The van der Waals surface area contributed by atoms with Crippen molar-refractivity contribution in [3.63, 3.8) is 0 Å². The second-order valence-corrected chi connectivity index (χ2v) is 8.16. The van der Waals surface area contributed by atoms with E-state index in [2.05, 4.69) is 15.5 Å². The van der Waals surface area contributed by atoms with Gasteiger partial charge in [-0.05, 0) is 28.5 Å². The van der Waals surface area contributed by atoms with Crippen LogP contribution in [0.5, 0.6) is 0 Å². The lowest BCUT2D eigenvalue weighted by atomic mass is 10.1. The van der Waals surface area contributed by atoms with Crippen LogP contribution in [0.4, 0.5) is 4.79 Å². The fourth-order valence-corrected chi connectivity index (χ4v) is 3.95. The van der Waals surface area contributed by atoms with Gasteiger partial charge in [0.25, 0.3) is 5.91 Å². The Morgan fingerprint density at radius 2 is 1.48 bits per heavy atom. The Labute approximate surface area is 193 Å². The van der Waals surface area contributed by atoms with Crippen LogP contribution in [-0.4, -0.2) is 60.4 Å². The van der Waals surface area contributed by atoms with Gasteiger partial charge >= 0.3 is 6.03 Å². The molecule has 7 heteroatoms. The predicted octanol–water partition coefficient (Wildman–Crippen LogP) is 3.01. The number of piperazine rings is 1. The monoisotopic (exact) mass is 444 g/mol. The highest BCUT2D eigenvalue weighted by atomic mass is 16.2. The summed E-state index contributed by atoms with van der Waals surface area (Å²) in [6, 6.07) is 22.8. The molecule has 3 aromatic carbocycles. The van der Waals surface area contributed by atoms with Crippen molar-refractivity contribution in [2.75, 3.05) is 32.7 Å². The molecule has 0 spiro atoms. The predicted molar refractivity (Wildman–Crippen MR) is 128 cm³/mol. The van der Waals surface area contributed by atoms with Gasteiger partial charge in [-0.3, -0.25) is 19.8 Å². The summed E-state index contributed by atoms with van der Waals surface area (Å²) < 4.78 is 0. The molecule has 4 amide bonds. The average Bonchev–Trinajstić information content (AvgIpc) is 2.86. The number of carbonyl (C=O) groups excluding carboxylic acids is 3. The number of hydrogen-bond acceptors (Lipinski definition) is 4. The normalized spacial score (nSPS) is 14.1. The van der Waals surface area contributed by atoms with Gasteiger partial charge < -0.3 is 10.2 Å². The van der Waals surface area contributed by atoms with Crippen molar-refractivity contribution in [3.8, 4) is 0 Å². The summed E-state index contributed by atoms with van der Waals surface area (Å²) in [5.41, 5.74) is 1.67. The van der Waals surface area contributed by atoms with E-state index in [0.29, 0.717) is 44.8 Å². The zero-order chi connectivity index (χ0) is 23.0. The molecule has 4 rings (SSSR count). The number of benzene rings is 3. The zero-order valence-corrected chi connectivity index (χ0v) is 18.5. The molecule has 3 aromatic rings. The molecular weight excluding hydrogens is 416 g/mol. The first-order chi connectivity index (χ1) is 16.1. The number of fused-ring (bicyclic) bond motifs is 1. The molecular formula is C26H28N4O3. The Kier molecular flexibility index (Phi) is 7.32. The van der Waals surface area contributed by atoms with Gasteiger partial charge in [-0.25, -0.2) is 4.79 Å². The quantitative estimate of drug-likeness (QED) is 0.612. The molecule has 1 saturated heterocycles. The minimum absolute atomic E-state index is 0.0354. The van der Waals surface area contributed by atoms with Crippen LogP contribution in [0.25, 0.3) is 10.8 Å². The average molecular weight is 445 g/mol. The van der Waals surface area contributed by atoms with Crippen molar-refractivity contribution in [2.24, 2.45) is 0 Å². The van der Waals surface area contributed by atoms with Crippen LogP contribution in [0, 0.1) is 0 Å². The van der Waals surface area contributed by atoms with Crippen LogP contribution in [0.3, 0.4) is 0 Å². The molecule has 0 saturated carbocycles. The molecule has 0 radical (unpaired) electrons. The molecule has 2 N–H and O–H groups in total. The maximum atomic E-state index is 12.9. The number of urea groups is 1. The Morgan fingerprint density at radius 1 is 0.788 bits per heavy atom. The summed E-state index contributed by atoms with van der Waals surface area (Å²) in [5, 5.41) is 7.23. The first kappa shape index (κ1) is 22.5. The van der Waals surface area contributed by atoms with E-state index < -0.39 is 6.03 Å². The molecule has 0 aromatic heterocycles. The molecule has 7 nitrogen and oxygen atoms in total. The number of amides is 4. The van der Waals surface area contributed by atoms with E-state index in [1.807, 2.05) is 77.7 Å². The van der Waals surface area contributed by atoms with E-state index in [4.69, 9.17) is 0 Å². The lowest BCUT2D eigenvalue weighted by molar-refractivity contribution is -0.120. The molecule has 0 aliphatic carbocycles. The van der Waals surface area contributed by atoms with Crippen molar-refractivity contribution in [1.82, 2.24) is 20.4 Å². The summed E-state index contributed by atoms with van der Waals surface area (Å²) in [4.78, 5) is 40.9. The van der Waals surface area contributed by atoms with E-state index in [1.165, 1.54) is 0 Å². The molecule has 1 fully saturated rings. The summed E-state index contributed by atoms with van der Waals surface area (Å²) in [6.45, 7) is 3.55. The smallest absolute Gasteiger partial charge is 0.321 e. The van der Waals surface area contributed by atoms with Gasteiger partial charge in [0.2, 0.25) is 5.91 Å². The van der Waals surface area contributed by atoms with Crippen molar-refractivity contribution in [3.05, 3.63) is 83.9 Å². The fourth-order valence-electron chi connectivity index (χ4n) is 3.95. The van der Waals surface area contributed by atoms with Gasteiger partial charge in [0.15, 0.2) is 0 Å². The topological polar surface area (TPSA) is 81.8 Å². The highest BCUT2D eigenvalue weighted by Gasteiger charge is 2.22. The molecule has 170 valence electrons. The summed E-state index contributed by atoms with van der Waals surface area (Å²) in [7, 11) is 0. The standard InChI is InChI=1S/C26H28N4O3/c31-24(28-26(33)27-19-20-6-2-1-3-7-20)12-13-29-14-16-30(17-15-29)25(32)23-11-10-21-8-4-5-9-22(21)18-23/h1-11,18H,12-17,19H2,(H2,27,28,31,33). The van der Waals surface area contributed by atoms with Crippen LogP contribution in [0.1, 0.15) is 22.3 Å². The van der Waals surface area contributed by atoms with Gasteiger partial charge in [-0.2, -0.15) is 0 Å². The van der Waals surface area contributed by atoms with Gasteiger partial charge in [0.1, 0.15) is 0 Å². The van der Waals surface area contributed by atoms with Crippen LogP contribution in [0.2, 0.25) is 0 Å². The van der Waals surface area contributed by atoms with E-state index in [-0.39, 0.29) is 18.2 Å². The van der Waals surface area contributed by atoms with E-state index in [1.54, 1.807) is 0 Å². The first-order valence-corrected chi connectivity index (χ1v) is 11.2. The van der Waals surface area contributed by atoms with E-state index in [0.717, 1.165) is 16.3 Å². The molecule has 1 heterocycles. The van der Waals surface area contributed by atoms with Gasteiger partial charge in [-0.15, -0.1) is 0 Å². The number of rotatable bonds is 6. The molecule has 0 atom stereocenters. The van der Waals surface area contributed by atoms with Gasteiger partial charge in [-0.1, -0.05) is 60.7 Å². The largest absolute Gasteiger partial charge is 0.336 e. The third kappa shape index (κ3) is 6.17. The first-order valence-electron chi connectivity index (χ1n) is 11.2. The van der Waals surface area contributed by atoms with E-state index >= 15 is 0 Å². The van der Waals surface area contributed by atoms with Crippen LogP contribution in [-0.2, 0) is 11.3 Å². The van der Waals surface area contributed by atoms with Crippen molar-refractivity contribution >= 4 is 28.6 Å². The summed E-state index contributed by atoms with van der Waals surface area (Å²) in [6.07, 6.45) is 0.234. The van der Waals surface area contributed by atoms with Crippen molar-refractivity contribution in [1.29, 1.82) is 0 Å². The minimum Gasteiger partial charge on any atom is -0.336 e.